The van der Waals surface area contributed by atoms with Gasteiger partial charge in [0.1, 0.15) is 5.15 Å². The van der Waals surface area contributed by atoms with E-state index in [2.05, 4.69) is 49.5 Å². The zero-order chi connectivity index (χ0) is 14.1. The van der Waals surface area contributed by atoms with Gasteiger partial charge >= 0.3 is 0 Å². The largest absolute Gasteiger partial charge is 0.253 e. The zero-order valence-electron chi connectivity index (χ0n) is 10.6. The second-order valence-corrected chi connectivity index (χ2v) is 5.65. The summed E-state index contributed by atoms with van der Waals surface area (Å²) in [5.74, 6) is 0.625. The van der Waals surface area contributed by atoms with Gasteiger partial charge in [0, 0.05) is 18.0 Å². The van der Waals surface area contributed by atoms with Crippen molar-refractivity contribution in [3.8, 4) is 11.4 Å². The number of aromatic nitrogens is 4. The van der Waals surface area contributed by atoms with E-state index in [9.17, 15) is 0 Å². The van der Waals surface area contributed by atoms with Gasteiger partial charge in [0.05, 0.1) is 20.3 Å². The summed E-state index contributed by atoms with van der Waals surface area (Å²) in [6, 6.07) is 5.79. The highest BCUT2D eigenvalue weighted by Gasteiger charge is 2.11. The van der Waals surface area contributed by atoms with Crippen LogP contribution < -0.4 is 0 Å². The molecule has 1 aromatic carbocycles. The van der Waals surface area contributed by atoms with Gasteiger partial charge in [-0.3, -0.25) is 9.97 Å². The molecule has 20 heavy (non-hydrogen) atoms. The SMILES string of the molecule is CCc1nc(-c2ccc3nccnc3c2)nc(Cl)c1I. The predicted octanol–water partition coefficient (Wildman–Crippen LogP) is 3.91. The third kappa shape index (κ3) is 2.47. The lowest BCUT2D eigenvalue weighted by molar-refractivity contribution is 0.989. The van der Waals surface area contributed by atoms with Crippen molar-refractivity contribution < 1.29 is 0 Å². The molecule has 0 fully saturated rings. The average Bonchev–Trinajstić information content (AvgIpc) is 2.49. The summed E-state index contributed by atoms with van der Waals surface area (Å²) in [5, 5.41) is 0.492. The molecule has 0 spiro atoms. The summed E-state index contributed by atoms with van der Waals surface area (Å²) in [5.41, 5.74) is 3.52. The van der Waals surface area contributed by atoms with Crippen molar-refractivity contribution in [2.45, 2.75) is 13.3 Å². The number of fused-ring (bicyclic) bond motifs is 1. The first-order valence-electron chi connectivity index (χ1n) is 6.12. The number of benzene rings is 1. The Hall–Kier alpha value is -1.34. The number of aryl methyl sites for hydroxylation is 1. The second kappa shape index (κ2) is 5.57. The molecule has 0 atom stereocenters. The van der Waals surface area contributed by atoms with Crippen molar-refractivity contribution in [3.05, 3.63) is 45.0 Å². The van der Waals surface area contributed by atoms with Crippen LogP contribution in [0.3, 0.4) is 0 Å². The molecule has 2 aromatic heterocycles. The van der Waals surface area contributed by atoms with Gasteiger partial charge in [0.25, 0.3) is 0 Å². The van der Waals surface area contributed by atoms with Crippen LogP contribution in [0.2, 0.25) is 5.15 Å². The van der Waals surface area contributed by atoms with Crippen LogP contribution in [0.15, 0.2) is 30.6 Å². The van der Waals surface area contributed by atoms with Crippen molar-refractivity contribution in [3.63, 3.8) is 0 Å². The first kappa shape index (κ1) is 13.6. The lowest BCUT2D eigenvalue weighted by Gasteiger charge is -2.07. The van der Waals surface area contributed by atoms with Gasteiger partial charge in [-0.25, -0.2) is 9.97 Å². The number of halogens is 2. The summed E-state index contributed by atoms with van der Waals surface area (Å²) in [4.78, 5) is 17.5. The minimum Gasteiger partial charge on any atom is -0.253 e. The quantitative estimate of drug-likeness (QED) is 0.487. The molecule has 0 saturated carbocycles. The van der Waals surface area contributed by atoms with Crippen molar-refractivity contribution in [1.29, 1.82) is 0 Å². The molecule has 0 unspecified atom stereocenters. The summed E-state index contributed by atoms with van der Waals surface area (Å²) >= 11 is 8.36. The topological polar surface area (TPSA) is 51.6 Å². The highest BCUT2D eigenvalue weighted by atomic mass is 127. The fourth-order valence-electron chi connectivity index (χ4n) is 1.93. The number of rotatable bonds is 2. The van der Waals surface area contributed by atoms with Gasteiger partial charge in [-0.2, -0.15) is 0 Å². The Balaban J connectivity index is 2.17. The maximum absolute atomic E-state index is 6.18. The fraction of sp³-hybridized carbons (Fsp3) is 0.143. The van der Waals surface area contributed by atoms with Crippen molar-refractivity contribution in [2.24, 2.45) is 0 Å². The van der Waals surface area contributed by atoms with Crippen molar-refractivity contribution >= 4 is 45.2 Å². The summed E-state index contributed by atoms with van der Waals surface area (Å²) in [6.45, 7) is 2.05. The Morgan fingerprint density at radius 1 is 1.10 bits per heavy atom. The lowest BCUT2D eigenvalue weighted by atomic mass is 10.1. The Morgan fingerprint density at radius 2 is 1.85 bits per heavy atom. The van der Waals surface area contributed by atoms with Crippen LogP contribution >= 0.6 is 34.2 Å². The monoisotopic (exact) mass is 396 g/mol. The molecule has 4 nitrogen and oxygen atoms in total. The Bertz CT molecular complexity index is 791. The minimum atomic E-state index is 0.492. The molecule has 0 N–H and O–H groups in total. The van der Waals surface area contributed by atoms with Crippen LogP contribution in [0.25, 0.3) is 22.4 Å². The van der Waals surface area contributed by atoms with Crippen LogP contribution in [0, 0.1) is 3.57 Å². The van der Waals surface area contributed by atoms with E-state index in [1.807, 2.05) is 18.2 Å². The molecule has 0 radical (unpaired) electrons. The first-order chi connectivity index (χ1) is 9.69. The molecule has 2 heterocycles. The first-order valence-corrected chi connectivity index (χ1v) is 7.57. The van der Waals surface area contributed by atoms with Gasteiger partial charge in [-0.1, -0.05) is 18.5 Å². The molecule has 0 aliphatic rings. The Kier molecular flexibility index (Phi) is 3.80. The third-order valence-electron chi connectivity index (χ3n) is 2.94. The molecule has 0 amide bonds. The van der Waals surface area contributed by atoms with Gasteiger partial charge in [0.15, 0.2) is 5.82 Å². The van der Waals surface area contributed by atoms with Crippen LogP contribution in [-0.4, -0.2) is 19.9 Å². The zero-order valence-corrected chi connectivity index (χ0v) is 13.6. The average molecular weight is 397 g/mol. The molecule has 0 aliphatic carbocycles. The molecule has 3 rings (SSSR count). The molecule has 0 aliphatic heterocycles. The van der Waals surface area contributed by atoms with E-state index < -0.39 is 0 Å². The number of hydrogen-bond acceptors (Lipinski definition) is 4. The van der Waals surface area contributed by atoms with Crippen LogP contribution in [0.5, 0.6) is 0 Å². The van der Waals surface area contributed by atoms with Crippen molar-refractivity contribution in [1.82, 2.24) is 19.9 Å². The normalized spacial score (nSPS) is 10.9. The van der Waals surface area contributed by atoms with E-state index in [1.54, 1.807) is 12.4 Å². The fourth-order valence-corrected chi connectivity index (χ4v) is 2.74. The van der Waals surface area contributed by atoms with E-state index in [0.29, 0.717) is 11.0 Å². The summed E-state index contributed by atoms with van der Waals surface area (Å²) < 4.78 is 0.913. The molecule has 0 bridgehead atoms. The molecular weight excluding hydrogens is 387 g/mol. The Morgan fingerprint density at radius 3 is 2.60 bits per heavy atom. The lowest BCUT2D eigenvalue weighted by Crippen LogP contribution is -1.99. The van der Waals surface area contributed by atoms with Crippen molar-refractivity contribution in [2.75, 3.05) is 0 Å². The smallest absolute Gasteiger partial charge is 0.161 e. The van der Waals surface area contributed by atoms with Crippen LogP contribution in [0.1, 0.15) is 12.6 Å². The van der Waals surface area contributed by atoms with E-state index in [4.69, 9.17) is 11.6 Å². The Labute approximate surface area is 134 Å². The standard InChI is InChI=1S/C14H10ClIN4/c1-2-9-12(16)13(15)20-14(19-9)8-3-4-10-11(7-8)18-6-5-17-10/h3-7H,2H2,1H3. The van der Waals surface area contributed by atoms with Crippen LogP contribution in [0.4, 0.5) is 0 Å². The molecular formula is C14H10ClIN4. The highest BCUT2D eigenvalue weighted by Crippen LogP contribution is 2.25. The molecule has 3 aromatic rings. The van der Waals surface area contributed by atoms with E-state index in [-0.39, 0.29) is 0 Å². The van der Waals surface area contributed by atoms with E-state index >= 15 is 0 Å². The maximum atomic E-state index is 6.18. The molecule has 6 heteroatoms. The number of nitrogens with zero attached hydrogens (tertiary/aromatic N) is 4. The van der Waals surface area contributed by atoms with Gasteiger partial charge < -0.3 is 0 Å². The molecule has 100 valence electrons. The van der Waals surface area contributed by atoms with Crippen LogP contribution in [-0.2, 0) is 6.42 Å². The summed E-state index contributed by atoms with van der Waals surface area (Å²) in [7, 11) is 0. The third-order valence-corrected chi connectivity index (χ3v) is 4.67. The second-order valence-electron chi connectivity index (χ2n) is 4.21. The predicted molar refractivity (Wildman–Crippen MR) is 87.7 cm³/mol. The minimum absolute atomic E-state index is 0.492. The highest BCUT2D eigenvalue weighted by molar-refractivity contribution is 14.1. The van der Waals surface area contributed by atoms with Gasteiger partial charge in [0.2, 0.25) is 0 Å². The number of hydrogen-bond donors (Lipinski definition) is 0. The van der Waals surface area contributed by atoms with E-state index in [1.165, 1.54) is 0 Å². The molecule has 0 saturated heterocycles. The van der Waals surface area contributed by atoms with Gasteiger partial charge in [-0.15, -0.1) is 0 Å². The van der Waals surface area contributed by atoms with E-state index in [0.717, 1.165) is 32.3 Å². The van der Waals surface area contributed by atoms with Gasteiger partial charge in [-0.05, 0) is 47.2 Å². The summed E-state index contributed by atoms with van der Waals surface area (Å²) in [6.07, 6.45) is 4.17. The maximum Gasteiger partial charge on any atom is 0.161 e.